The highest BCUT2D eigenvalue weighted by molar-refractivity contribution is 7.22. The van der Waals surface area contributed by atoms with Crippen molar-refractivity contribution in [1.82, 2.24) is 4.98 Å². The number of ether oxygens (including phenoxy) is 3. The first-order valence-electron chi connectivity index (χ1n) is 13.5. The third-order valence-corrected chi connectivity index (χ3v) is 7.87. The molecule has 1 saturated heterocycles. The van der Waals surface area contributed by atoms with Gasteiger partial charge in [-0.15, -0.1) is 0 Å². The molecule has 0 spiro atoms. The maximum absolute atomic E-state index is 13.7. The van der Waals surface area contributed by atoms with Crippen LogP contribution in [0.15, 0.2) is 60.2 Å². The number of ketones is 1. The zero-order valence-corrected chi connectivity index (χ0v) is 24.5. The van der Waals surface area contributed by atoms with Crippen molar-refractivity contribution in [2.45, 2.75) is 40.2 Å². The van der Waals surface area contributed by atoms with Gasteiger partial charge in [-0.3, -0.25) is 14.5 Å². The molecule has 1 aliphatic heterocycles. The van der Waals surface area contributed by atoms with Gasteiger partial charge in [0.25, 0.3) is 5.78 Å². The van der Waals surface area contributed by atoms with E-state index >= 15 is 0 Å². The lowest BCUT2D eigenvalue weighted by Crippen LogP contribution is -2.29. The Morgan fingerprint density at radius 1 is 1.00 bits per heavy atom. The van der Waals surface area contributed by atoms with E-state index in [2.05, 4.69) is 0 Å². The Bertz CT molecular complexity index is 1660. The normalized spacial score (nSPS) is 16.4. The van der Waals surface area contributed by atoms with E-state index < -0.39 is 17.7 Å². The monoisotopic (exact) mass is 572 g/mol. The van der Waals surface area contributed by atoms with Gasteiger partial charge in [0.1, 0.15) is 11.5 Å². The van der Waals surface area contributed by atoms with Gasteiger partial charge >= 0.3 is 5.91 Å². The molecule has 41 heavy (non-hydrogen) atoms. The molecule has 1 aromatic heterocycles. The van der Waals surface area contributed by atoms with E-state index in [0.29, 0.717) is 46.7 Å². The average molecular weight is 573 g/mol. The number of benzene rings is 3. The van der Waals surface area contributed by atoms with E-state index in [1.165, 1.54) is 23.3 Å². The number of hydrogen-bond acceptors (Lipinski definition) is 8. The van der Waals surface area contributed by atoms with Crippen molar-refractivity contribution in [2.24, 2.45) is 0 Å². The molecule has 1 atom stereocenters. The SMILES string of the molecule is CCCOc1ccc(C(O)=C2C(=O)C(=O)N(c3nc4c(C)cc(C)cc4s3)C2c2ccc(OCC)c(OC)c2)cc1. The molecule has 1 aliphatic rings. The van der Waals surface area contributed by atoms with Crippen LogP contribution in [0.1, 0.15) is 48.6 Å². The van der Waals surface area contributed by atoms with Crippen LogP contribution in [0.3, 0.4) is 0 Å². The number of nitrogens with zero attached hydrogens (tertiary/aromatic N) is 2. The standard InChI is InChI=1S/C32H32N2O6S/c1-6-14-40-22-11-8-20(9-12-22)29(35)26-28(21-10-13-23(39-7-2)24(17-21)38-5)34(31(37)30(26)36)32-33-27-19(4)15-18(3)16-25(27)41-32/h8-13,15-17,28,35H,6-7,14H2,1-5H3. The van der Waals surface area contributed by atoms with Crippen molar-refractivity contribution in [2.75, 3.05) is 25.2 Å². The molecule has 212 valence electrons. The molecule has 3 aromatic carbocycles. The van der Waals surface area contributed by atoms with E-state index in [1.807, 2.05) is 39.8 Å². The number of Topliss-reactive ketones (excluding diaryl/α,β-unsaturated/α-hetero) is 1. The number of rotatable bonds is 9. The van der Waals surface area contributed by atoms with Gasteiger partial charge in [-0.05, 0) is 86.3 Å². The Hall–Kier alpha value is -4.37. The minimum Gasteiger partial charge on any atom is -0.507 e. The molecule has 0 aliphatic carbocycles. The molecular weight excluding hydrogens is 540 g/mol. The Balaban J connectivity index is 1.69. The fourth-order valence-corrected chi connectivity index (χ4v) is 6.19. The number of hydrogen-bond donors (Lipinski definition) is 1. The Morgan fingerprint density at radius 2 is 1.76 bits per heavy atom. The molecule has 4 aromatic rings. The van der Waals surface area contributed by atoms with E-state index in [-0.39, 0.29) is 11.3 Å². The number of thiazole rings is 1. The Labute approximate surface area is 242 Å². The first-order valence-corrected chi connectivity index (χ1v) is 14.3. The summed E-state index contributed by atoms with van der Waals surface area (Å²) in [7, 11) is 1.53. The second-order valence-corrected chi connectivity index (χ2v) is 10.8. The maximum atomic E-state index is 13.7. The van der Waals surface area contributed by atoms with Gasteiger partial charge in [-0.2, -0.15) is 0 Å². The quantitative estimate of drug-likeness (QED) is 0.135. The Kier molecular flexibility index (Phi) is 7.99. The van der Waals surface area contributed by atoms with E-state index in [1.54, 1.807) is 42.5 Å². The molecule has 1 N–H and O–H groups in total. The fourth-order valence-electron chi connectivity index (χ4n) is 5.02. The molecule has 8 nitrogen and oxygen atoms in total. The number of aromatic nitrogens is 1. The van der Waals surface area contributed by atoms with Crippen LogP contribution < -0.4 is 19.1 Å². The molecule has 1 amide bonds. The van der Waals surface area contributed by atoms with Crippen LogP contribution in [0.5, 0.6) is 17.2 Å². The third-order valence-electron chi connectivity index (χ3n) is 6.87. The van der Waals surface area contributed by atoms with Crippen LogP contribution >= 0.6 is 11.3 Å². The van der Waals surface area contributed by atoms with Crippen molar-refractivity contribution in [3.63, 3.8) is 0 Å². The highest BCUT2D eigenvalue weighted by atomic mass is 32.1. The lowest BCUT2D eigenvalue weighted by Gasteiger charge is -2.24. The first kappa shape index (κ1) is 28.2. The third kappa shape index (κ3) is 5.25. The smallest absolute Gasteiger partial charge is 0.301 e. The minimum absolute atomic E-state index is 0.0319. The van der Waals surface area contributed by atoms with Crippen LogP contribution in [0.25, 0.3) is 16.0 Å². The van der Waals surface area contributed by atoms with Gasteiger partial charge < -0.3 is 19.3 Å². The van der Waals surface area contributed by atoms with Crippen molar-refractivity contribution < 1.29 is 28.9 Å². The van der Waals surface area contributed by atoms with Crippen molar-refractivity contribution in [1.29, 1.82) is 0 Å². The average Bonchev–Trinajstić information content (AvgIpc) is 3.50. The number of aliphatic hydroxyl groups excluding tert-OH is 1. The van der Waals surface area contributed by atoms with Crippen LogP contribution in [0.4, 0.5) is 5.13 Å². The summed E-state index contributed by atoms with van der Waals surface area (Å²) in [6.45, 7) is 8.87. The van der Waals surface area contributed by atoms with Crippen LogP contribution in [0, 0.1) is 13.8 Å². The number of amides is 1. The van der Waals surface area contributed by atoms with Gasteiger partial charge in [0.15, 0.2) is 16.6 Å². The van der Waals surface area contributed by atoms with Crippen LogP contribution in [-0.2, 0) is 9.59 Å². The first-order chi connectivity index (χ1) is 19.8. The number of methoxy groups -OCH3 is 1. The summed E-state index contributed by atoms with van der Waals surface area (Å²) in [6, 6.07) is 15.1. The highest BCUT2D eigenvalue weighted by Gasteiger charge is 2.48. The number of aryl methyl sites for hydroxylation is 2. The summed E-state index contributed by atoms with van der Waals surface area (Å²) in [5, 5.41) is 11.9. The van der Waals surface area contributed by atoms with Gasteiger partial charge in [0.2, 0.25) is 0 Å². The van der Waals surface area contributed by atoms with Crippen molar-refractivity contribution >= 4 is 44.1 Å². The summed E-state index contributed by atoms with van der Waals surface area (Å²) >= 11 is 1.33. The number of carbonyl (C=O) groups excluding carboxylic acids is 2. The zero-order chi connectivity index (χ0) is 29.3. The number of aliphatic hydroxyl groups is 1. The predicted octanol–water partition coefficient (Wildman–Crippen LogP) is 6.74. The Morgan fingerprint density at radius 3 is 2.44 bits per heavy atom. The summed E-state index contributed by atoms with van der Waals surface area (Å²) in [6.07, 6.45) is 0.863. The van der Waals surface area contributed by atoms with E-state index in [9.17, 15) is 14.7 Å². The molecular formula is C32H32N2O6S. The number of carbonyl (C=O) groups is 2. The zero-order valence-electron chi connectivity index (χ0n) is 23.7. The lowest BCUT2D eigenvalue weighted by atomic mass is 9.95. The molecule has 5 rings (SSSR count). The van der Waals surface area contributed by atoms with Crippen molar-refractivity contribution in [3.8, 4) is 17.2 Å². The summed E-state index contributed by atoms with van der Waals surface area (Å²) in [4.78, 5) is 33.5. The van der Waals surface area contributed by atoms with Crippen LogP contribution in [0.2, 0.25) is 0 Å². The summed E-state index contributed by atoms with van der Waals surface area (Å²) < 4.78 is 17.8. The van der Waals surface area contributed by atoms with Crippen LogP contribution in [-0.4, -0.2) is 42.1 Å². The summed E-state index contributed by atoms with van der Waals surface area (Å²) in [5.41, 5.74) is 3.75. The largest absolute Gasteiger partial charge is 0.507 e. The van der Waals surface area contributed by atoms with Gasteiger partial charge in [0, 0.05) is 5.56 Å². The van der Waals surface area contributed by atoms with E-state index in [0.717, 1.165) is 27.8 Å². The lowest BCUT2D eigenvalue weighted by molar-refractivity contribution is -0.132. The molecule has 0 bridgehead atoms. The molecule has 9 heteroatoms. The second kappa shape index (κ2) is 11.6. The van der Waals surface area contributed by atoms with Gasteiger partial charge in [-0.1, -0.05) is 30.4 Å². The topological polar surface area (TPSA) is 98.2 Å². The van der Waals surface area contributed by atoms with Gasteiger partial charge in [-0.25, -0.2) is 4.98 Å². The number of fused-ring (bicyclic) bond motifs is 1. The van der Waals surface area contributed by atoms with Gasteiger partial charge in [0.05, 0.1) is 42.2 Å². The molecule has 1 unspecified atom stereocenters. The molecule has 1 fully saturated rings. The fraction of sp³-hybridized carbons (Fsp3) is 0.281. The molecule has 0 saturated carbocycles. The highest BCUT2D eigenvalue weighted by Crippen LogP contribution is 2.46. The second-order valence-electron chi connectivity index (χ2n) is 9.81. The maximum Gasteiger partial charge on any atom is 0.301 e. The summed E-state index contributed by atoms with van der Waals surface area (Å²) in [5.74, 6) is -0.206. The number of anilines is 1. The minimum atomic E-state index is -0.947. The predicted molar refractivity (Wildman–Crippen MR) is 160 cm³/mol. The molecule has 0 radical (unpaired) electrons. The van der Waals surface area contributed by atoms with Crippen molar-refractivity contribution in [3.05, 3.63) is 82.4 Å². The molecule has 2 heterocycles. The van der Waals surface area contributed by atoms with E-state index in [4.69, 9.17) is 19.2 Å².